The van der Waals surface area contributed by atoms with Gasteiger partial charge < -0.3 is 15.0 Å². The minimum absolute atomic E-state index is 0.0426. The Bertz CT molecular complexity index is 635. The quantitative estimate of drug-likeness (QED) is 0.915. The number of nitrogens with one attached hydrogen (secondary N) is 1. The van der Waals surface area contributed by atoms with Crippen LogP contribution in [0.4, 0.5) is 11.4 Å². The number of carbonyl (C=O) groups excluding carboxylic acids is 2. The molecule has 5 heteroatoms. The van der Waals surface area contributed by atoms with Crippen LogP contribution in [-0.2, 0) is 9.59 Å². The molecule has 0 atom stereocenters. The van der Waals surface area contributed by atoms with Gasteiger partial charge in [-0.25, -0.2) is 0 Å². The van der Waals surface area contributed by atoms with E-state index in [1.807, 2.05) is 39.8 Å². The number of benzene rings is 1. The van der Waals surface area contributed by atoms with Crippen molar-refractivity contribution in [1.29, 1.82) is 0 Å². The molecule has 1 aromatic carbocycles. The molecule has 132 valence electrons. The van der Waals surface area contributed by atoms with Crippen molar-refractivity contribution in [2.45, 2.75) is 41.5 Å². The van der Waals surface area contributed by atoms with Crippen LogP contribution in [0.25, 0.3) is 0 Å². The second-order valence-corrected chi connectivity index (χ2v) is 7.81. The van der Waals surface area contributed by atoms with Crippen LogP contribution in [0.2, 0.25) is 0 Å². The third kappa shape index (κ3) is 3.89. The van der Waals surface area contributed by atoms with Crippen molar-refractivity contribution in [2.75, 3.05) is 23.4 Å². The smallest absolute Gasteiger partial charge is 0.236 e. The molecule has 1 heterocycles. The molecule has 0 radical (unpaired) electrons. The number of carbonyl (C=O) groups is 2. The first kappa shape index (κ1) is 18.3. The predicted octanol–water partition coefficient (Wildman–Crippen LogP) is 3.69. The van der Waals surface area contributed by atoms with Crippen LogP contribution < -0.4 is 15.0 Å². The van der Waals surface area contributed by atoms with E-state index in [4.69, 9.17) is 4.74 Å². The third-order valence-electron chi connectivity index (χ3n) is 4.00. The molecule has 1 aliphatic rings. The Morgan fingerprint density at radius 3 is 2.54 bits per heavy atom. The first-order chi connectivity index (χ1) is 11.1. The van der Waals surface area contributed by atoms with Gasteiger partial charge in [0.25, 0.3) is 0 Å². The fourth-order valence-corrected chi connectivity index (χ4v) is 2.56. The Labute approximate surface area is 144 Å². The summed E-state index contributed by atoms with van der Waals surface area (Å²) in [5, 5.41) is 2.88. The van der Waals surface area contributed by atoms with Crippen LogP contribution in [0.1, 0.15) is 41.5 Å². The monoisotopic (exact) mass is 332 g/mol. The molecule has 0 aliphatic carbocycles. The lowest BCUT2D eigenvalue weighted by atomic mass is 9.92. The van der Waals surface area contributed by atoms with E-state index in [0.717, 1.165) is 5.69 Å². The van der Waals surface area contributed by atoms with Crippen LogP contribution in [0.15, 0.2) is 18.2 Å². The van der Waals surface area contributed by atoms with Crippen molar-refractivity contribution in [3.63, 3.8) is 0 Å². The first-order valence-electron chi connectivity index (χ1n) is 8.51. The molecule has 0 saturated carbocycles. The highest BCUT2D eigenvalue weighted by Gasteiger charge is 2.38. The van der Waals surface area contributed by atoms with Gasteiger partial charge in [-0.2, -0.15) is 0 Å². The first-order valence-corrected chi connectivity index (χ1v) is 8.51. The molecule has 0 unspecified atom stereocenters. The second kappa shape index (κ2) is 6.83. The van der Waals surface area contributed by atoms with E-state index in [2.05, 4.69) is 19.2 Å². The van der Waals surface area contributed by atoms with Crippen molar-refractivity contribution in [3.8, 4) is 5.75 Å². The molecule has 24 heavy (non-hydrogen) atoms. The van der Waals surface area contributed by atoms with Crippen LogP contribution in [0.5, 0.6) is 5.75 Å². The van der Waals surface area contributed by atoms with Gasteiger partial charge >= 0.3 is 0 Å². The lowest BCUT2D eigenvalue weighted by Crippen LogP contribution is -2.43. The van der Waals surface area contributed by atoms with Crippen LogP contribution >= 0.6 is 0 Å². The summed E-state index contributed by atoms with van der Waals surface area (Å²) in [5.74, 6) is 0.905. The molecule has 0 aromatic heterocycles. The van der Waals surface area contributed by atoms with Crippen molar-refractivity contribution < 1.29 is 14.3 Å². The molecule has 1 aliphatic heterocycles. The molecule has 2 rings (SSSR count). The second-order valence-electron chi connectivity index (χ2n) is 7.81. The van der Waals surface area contributed by atoms with E-state index in [1.54, 1.807) is 11.0 Å². The van der Waals surface area contributed by atoms with Crippen molar-refractivity contribution in [3.05, 3.63) is 18.2 Å². The SMILES string of the molecule is CC(C)CN1C(=O)C(C)(C)COc2cc(NC(=O)C(C)C)ccc21. The topological polar surface area (TPSA) is 58.6 Å². The van der Waals surface area contributed by atoms with Gasteiger partial charge in [-0.1, -0.05) is 27.7 Å². The summed E-state index contributed by atoms with van der Waals surface area (Å²) >= 11 is 0. The molecule has 1 N–H and O–H groups in total. The number of rotatable bonds is 4. The summed E-state index contributed by atoms with van der Waals surface area (Å²) < 4.78 is 5.91. The Kier molecular flexibility index (Phi) is 5.21. The lowest BCUT2D eigenvalue weighted by Gasteiger charge is -2.29. The molecule has 2 amide bonds. The molecule has 0 spiro atoms. The van der Waals surface area contributed by atoms with Gasteiger partial charge in [0.2, 0.25) is 11.8 Å². The molecule has 0 saturated heterocycles. The predicted molar refractivity (Wildman–Crippen MR) is 96.4 cm³/mol. The molecule has 0 bridgehead atoms. The summed E-state index contributed by atoms with van der Waals surface area (Å²) in [4.78, 5) is 26.6. The number of anilines is 2. The highest BCUT2D eigenvalue weighted by Crippen LogP contribution is 2.38. The number of nitrogens with zero attached hydrogens (tertiary/aromatic N) is 1. The van der Waals surface area contributed by atoms with Crippen molar-refractivity contribution in [2.24, 2.45) is 17.3 Å². The van der Waals surface area contributed by atoms with E-state index in [-0.39, 0.29) is 17.7 Å². The zero-order chi connectivity index (χ0) is 18.1. The summed E-state index contributed by atoms with van der Waals surface area (Å²) in [6.07, 6.45) is 0. The van der Waals surface area contributed by atoms with Crippen molar-refractivity contribution in [1.82, 2.24) is 0 Å². The Morgan fingerprint density at radius 2 is 1.96 bits per heavy atom. The average molecular weight is 332 g/mol. The zero-order valence-corrected chi connectivity index (χ0v) is 15.5. The summed E-state index contributed by atoms with van der Waals surface area (Å²) in [5.41, 5.74) is 0.862. The minimum atomic E-state index is -0.588. The Morgan fingerprint density at radius 1 is 1.29 bits per heavy atom. The highest BCUT2D eigenvalue weighted by atomic mass is 16.5. The van der Waals surface area contributed by atoms with E-state index in [1.165, 1.54) is 0 Å². The van der Waals surface area contributed by atoms with Gasteiger partial charge in [-0.3, -0.25) is 9.59 Å². The maximum atomic E-state index is 12.9. The number of fused-ring (bicyclic) bond motifs is 1. The fraction of sp³-hybridized carbons (Fsp3) is 0.579. The van der Waals surface area contributed by atoms with Gasteiger partial charge in [-0.15, -0.1) is 0 Å². The minimum Gasteiger partial charge on any atom is -0.490 e. The van der Waals surface area contributed by atoms with Crippen LogP contribution in [0.3, 0.4) is 0 Å². The lowest BCUT2D eigenvalue weighted by molar-refractivity contribution is -0.127. The maximum Gasteiger partial charge on any atom is 0.236 e. The Hall–Kier alpha value is -2.04. The van der Waals surface area contributed by atoms with E-state index < -0.39 is 5.41 Å². The maximum absolute atomic E-state index is 12.9. The largest absolute Gasteiger partial charge is 0.490 e. The normalized spacial score (nSPS) is 16.7. The average Bonchev–Trinajstić information content (AvgIpc) is 2.57. The highest BCUT2D eigenvalue weighted by molar-refractivity contribution is 6.00. The zero-order valence-electron chi connectivity index (χ0n) is 15.5. The molecule has 5 nitrogen and oxygen atoms in total. The van der Waals surface area contributed by atoms with Gasteiger partial charge in [0, 0.05) is 24.2 Å². The number of amides is 2. The standard InChI is InChI=1S/C19H28N2O3/c1-12(2)10-21-15-8-7-14(20-17(22)13(3)4)9-16(15)24-11-19(5,6)18(21)23/h7-9,12-13H,10-11H2,1-6H3,(H,20,22). The number of ether oxygens (including phenoxy) is 1. The molecular weight excluding hydrogens is 304 g/mol. The van der Waals surface area contributed by atoms with Gasteiger partial charge in [0.1, 0.15) is 12.4 Å². The van der Waals surface area contributed by atoms with Gasteiger partial charge in [0.05, 0.1) is 11.1 Å². The van der Waals surface area contributed by atoms with E-state index >= 15 is 0 Å². The van der Waals surface area contributed by atoms with E-state index in [0.29, 0.717) is 30.5 Å². The van der Waals surface area contributed by atoms with Gasteiger partial charge in [0.15, 0.2) is 0 Å². The third-order valence-corrected chi connectivity index (χ3v) is 4.00. The summed E-state index contributed by atoms with van der Waals surface area (Å²) in [7, 11) is 0. The van der Waals surface area contributed by atoms with Crippen LogP contribution in [-0.4, -0.2) is 25.0 Å². The van der Waals surface area contributed by atoms with E-state index in [9.17, 15) is 9.59 Å². The van der Waals surface area contributed by atoms with Gasteiger partial charge in [-0.05, 0) is 31.9 Å². The van der Waals surface area contributed by atoms with Crippen molar-refractivity contribution >= 4 is 23.2 Å². The molecular formula is C19H28N2O3. The number of hydrogen-bond acceptors (Lipinski definition) is 3. The molecule has 0 fully saturated rings. The summed E-state index contributed by atoms with van der Waals surface area (Å²) in [6, 6.07) is 5.48. The number of hydrogen-bond donors (Lipinski definition) is 1. The van der Waals surface area contributed by atoms with Crippen LogP contribution in [0, 0.1) is 17.3 Å². The molecule has 1 aromatic rings. The Balaban J connectivity index is 2.39. The fourth-order valence-electron chi connectivity index (χ4n) is 2.56. The summed E-state index contributed by atoms with van der Waals surface area (Å²) in [6.45, 7) is 12.6.